The van der Waals surface area contributed by atoms with Crippen LogP contribution in [0.1, 0.15) is 83.6 Å². The van der Waals surface area contributed by atoms with Crippen molar-refractivity contribution in [3.63, 3.8) is 0 Å². The van der Waals surface area contributed by atoms with Crippen LogP contribution in [0.2, 0.25) is 0 Å². The van der Waals surface area contributed by atoms with Crippen LogP contribution >= 0.6 is 0 Å². The van der Waals surface area contributed by atoms with Crippen LogP contribution in [-0.2, 0) is 16.1 Å². The number of aliphatic hydroxyl groups excluding tert-OH is 2. The molecule has 3 saturated carbocycles. The van der Waals surface area contributed by atoms with Gasteiger partial charge in [-0.2, -0.15) is 0 Å². The van der Waals surface area contributed by atoms with Crippen molar-refractivity contribution < 1.29 is 28.9 Å². The van der Waals surface area contributed by atoms with Crippen molar-refractivity contribution >= 4 is 12.0 Å². The Labute approximate surface area is 219 Å². The fraction of sp³-hybridized carbons (Fsp3) is 0.724. The maximum atomic E-state index is 13.2. The second-order valence-corrected chi connectivity index (χ2v) is 12.0. The zero-order chi connectivity index (χ0) is 26.6. The summed E-state index contributed by atoms with van der Waals surface area (Å²) < 4.78 is 19.1. The van der Waals surface area contributed by atoms with E-state index in [2.05, 4.69) is 17.6 Å². The van der Waals surface area contributed by atoms with Gasteiger partial charge in [0.05, 0.1) is 12.7 Å². The summed E-state index contributed by atoms with van der Waals surface area (Å²) in [7, 11) is 0. The summed E-state index contributed by atoms with van der Waals surface area (Å²) in [6, 6.07) is 6.16. The third kappa shape index (κ3) is 6.11. The predicted octanol–water partition coefficient (Wildman–Crippen LogP) is 4.45. The molecule has 6 unspecified atom stereocenters. The van der Waals surface area contributed by atoms with Crippen molar-refractivity contribution in [3.8, 4) is 0 Å². The van der Waals surface area contributed by atoms with Crippen LogP contribution in [0, 0.1) is 28.5 Å². The van der Waals surface area contributed by atoms with Crippen LogP contribution in [0.3, 0.4) is 0 Å². The van der Waals surface area contributed by atoms with Crippen molar-refractivity contribution in [3.05, 3.63) is 35.6 Å². The van der Waals surface area contributed by atoms with Crippen LogP contribution in [0.5, 0.6) is 0 Å². The Morgan fingerprint density at radius 2 is 1.76 bits per heavy atom. The van der Waals surface area contributed by atoms with Gasteiger partial charge in [-0.3, -0.25) is 4.79 Å². The van der Waals surface area contributed by atoms with E-state index in [-0.39, 0.29) is 48.0 Å². The molecule has 0 heterocycles. The topological polar surface area (TPSA) is 108 Å². The number of benzene rings is 1. The lowest BCUT2D eigenvalue weighted by molar-refractivity contribution is -0.186. The minimum atomic E-state index is -0.667. The highest BCUT2D eigenvalue weighted by molar-refractivity contribution is 5.76. The van der Waals surface area contributed by atoms with E-state index in [0.717, 1.165) is 31.2 Å². The summed E-state index contributed by atoms with van der Waals surface area (Å²) in [6.45, 7) is 4.26. The number of hydrogen-bond acceptors (Lipinski definition) is 5. The molecule has 0 spiro atoms. The molecule has 3 aliphatic rings. The molecule has 4 rings (SSSR count). The number of fused-ring (bicyclic) bond motifs is 1. The van der Waals surface area contributed by atoms with Gasteiger partial charge < -0.3 is 25.6 Å². The lowest BCUT2D eigenvalue weighted by atomic mass is 9.46. The Balaban J connectivity index is 1.41. The summed E-state index contributed by atoms with van der Waals surface area (Å²) in [5.41, 5.74) is -0.248. The van der Waals surface area contributed by atoms with Gasteiger partial charge in [0.1, 0.15) is 11.9 Å². The van der Waals surface area contributed by atoms with Crippen LogP contribution < -0.4 is 10.6 Å². The standard InChI is InChI=1S/C29H43FN2O5/c1-28-15-14-25(37-27(36)32-21-6-4-3-5-7-21)29(2,18-33)24(28)13-12-23(34)22(28)16-26(35)31-17-19-8-10-20(30)11-9-19/h8-11,21-25,33-34H,3-7,12-18H2,1-2H3,(H,31,35)(H,32,36). The molecule has 0 aromatic heterocycles. The van der Waals surface area contributed by atoms with E-state index in [9.17, 15) is 24.2 Å². The number of alkyl carbamates (subject to hydrolysis) is 1. The fourth-order valence-corrected chi connectivity index (χ4v) is 7.43. The van der Waals surface area contributed by atoms with E-state index in [4.69, 9.17) is 4.74 Å². The molecule has 4 N–H and O–H groups in total. The maximum Gasteiger partial charge on any atom is 0.407 e. The number of ether oxygens (including phenoxy) is 1. The van der Waals surface area contributed by atoms with Crippen LogP contribution in [0.25, 0.3) is 0 Å². The van der Waals surface area contributed by atoms with Crippen molar-refractivity contribution in [2.45, 2.75) is 103 Å². The Kier molecular flexibility index (Phi) is 8.79. The molecule has 3 fully saturated rings. The number of aliphatic hydroxyl groups is 2. The first-order valence-corrected chi connectivity index (χ1v) is 13.9. The summed E-state index contributed by atoms with van der Waals surface area (Å²) in [5.74, 6) is -0.768. The molecule has 1 aromatic carbocycles. The van der Waals surface area contributed by atoms with Crippen molar-refractivity contribution in [2.24, 2.45) is 22.7 Å². The van der Waals surface area contributed by atoms with Crippen molar-refractivity contribution in [1.82, 2.24) is 10.6 Å². The zero-order valence-electron chi connectivity index (χ0n) is 22.2. The number of nitrogens with one attached hydrogen (secondary N) is 2. The molecule has 8 heteroatoms. The number of carbonyl (C=O) groups is 2. The normalized spacial score (nSPS) is 34.3. The minimum absolute atomic E-state index is 0.00970. The van der Waals surface area contributed by atoms with Crippen LogP contribution in [0.15, 0.2) is 24.3 Å². The van der Waals surface area contributed by atoms with Gasteiger partial charge in [0, 0.05) is 24.4 Å². The van der Waals surface area contributed by atoms with Gasteiger partial charge in [-0.15, -0.1) is 0 Å². The molecular weight excluding hydrogens is 475 g/mol. The lowest BCUT2D eigenvalue weighted by Gasteiger charge is -2.60. The molecule has 206 valence electrons. The average Bonchev–Trinajstić information content (AvgIpc) is 2.88. The number of halogens is 1. The third-order valence-corrected chi connectivity index (χ3v) is 9.66. The fourth-order valence-electron chi connectivity index (χ4n) is 7.43. The van der Waals surface area contributed by atoms with Gasteiger partial charge in [-0.05, 0) is 73.5 Å². The van der Waals surface area contributed by atoms with E-state index in [0.29, 0.717) is 32.2 Å². The zero-order valence-corrected chi connectivity index (χ0v) is 22.2. The Morgan fingerprint density at radius 1 is 1.05 bits per heavy atom. The molecule has 0 aliphatic heterocycles. The monoisotopic (exact) mass is 518 g/mol. The molecule has 3 aliphatic carbocycles. The Hall–Kier alpha value is -2.19. The first kappa shape index (κ1) is 27.8. The molecule has 2 amide bonds. The molecular formula is C29H43FN2O5. The number of rotatable bonds is 7. The van der Waals surface area contributed by atoms with E-state index in [1.54, 1.807) is 12.1 Å². The summed E-state index contributed by atoms with van der Waals surface area (Å²) in [6.07, 6.45) is 6.60. The van der Waals surface area contributed by atoms with Crippen molar-refractivity contribution in [2.75, 3.05) is 6.61 Å². The molecule has 0 radical (unpaired) electrons. The van der Waals surface area contributed by atoms with E-state index in [1.807, 2.05) is 6.92 Å². The molecule has 0 bridgehead atoms. The van der Waals surface area contributed by atoms with Gasteiger partial charge in [0.25, 0.3) is 0 Å². The highest BCUT2D eigenvalue weighted by atomic mass is 19.1. The SMILES string of the molecule is CC1(CO)C(OC(=O)NC2CCCCC2)CCC2(C)C(CC(=O)NCc3ccc(F)cc3)C(O)CCC12. The number of carbonyl (C=O) groups excluding carboxylic acids is 2. The maximum absolute atomic E-state index is 13.2. The predicted molar refractivity (Wildman–Crippen MR) is 138 cm³/mol. The lowest BCUT2D eigenvalue weighted by Crippen LogP contribution is -2.61. The van der Waals surface area contributed by atoms with E-state index < -0.39 is 23.7 Å². The minimum Gasteiger partial charge on any atom is -0.446 e. The summed E-state index contributed by atoms with van der Waals surface area (Å²) >= 11 is 0. The third-order valence-electron chi connectivity index (χ3n) is 9.66. The quantitative estimate of drug-likeness (QED) is 0.427. The highest BCUT2D eigenvalue weighted by Crippen LogP contribution is 2.61. The largest absolute Gasteiger partial charge is 0.446 e. The number of hydrogen-bond donors (Lipinski definition) is 4. The molecule has 0 saturated heterocycles. The van der Waals surface area contributed by atoms with Gasteiger partial charge in [0.2, 0.25) is 5.91 Å². The highest BCUT2D eigenvalue weighted by Gasteiger charge is 2.60. The first-order valence-electron chi connectivity index (χ1n) is 13.9. The Bertz CT molecular complexity index is 937. The summed E-state index contributed by atoms with van der Waals surface area (Å²) in [5, 5.41) is 27.5. The van der Waals surface area contributed by atoms with Crippen LogP contribution in [0.4, 0.5) is 9.18 Å². The van der Waals surface area contributed by atoms with Crippen LogP contribution in [-0.4, -0.2) is 47.1 Å². The number of amides is 2. The van der Waals surface area contributed by atoms with E-state index >= 15 is 0 Å². The molecule has 37 heavy (non-hydrogen) atoms. The van der Waals surface area contributed by atoms with Gasteiger partial charge >= 0.3 is 6.09 Å². The summed E-state index contributed by atoms with van der Waals surface area (Å²) in [4.78, 5) is 25.7. The average molecular weight is 519 g/mol. The molecule has 1 aromatic rings. The van der Waals surface area contributed by atoms with Gasteiger partial charge in [0.15, 0.2) is 0 Å². The Morgan fingerprint density at radius 3 is 2.43 bits per heavy atom. The first-order chi connectivity index (χ1) is 17.7. The van der Waals surface area contributed by atoms with Crippen molar-refractivity contribution in [1.29, 1.82) is 0 Å². The molecule has 6 atom stereocenters. The second kappa shape index (κ2) is 11.7. The smallest absolute Gasteiger partial charge is 0.407 e. The van der Waals surface area contributed by atoms with E-state index in [1.165, 1.54) is 18.6 Å². The molecule has 7 nitrogen and oxygen atoms in total. The second-order valence-electron chi connectivity index (χ2n) is 12.0. The van der Waals surface area contributed by atoms with Gasteiger partial charge in [-0.25, -0.2) is 9.18 Å². The van der Waals surface area contributed by atoms with Gasteiger partial charge in [-0.1, -0.05) is 45.2 Å².